The molecule has 2 aromatic rings. The molecule has 0 spiro atoms. The van der Waals surface area contributed by atoms with E-state index in [1.807, 2.05) is 49.4 Å². The van der Waals surface area contributed by atoms with E-state index in [1.165, 1.54) is 0 Å². The number of rotatable bonds is 7. The van der Waals surface area contributed by atoms with E-state index in [1.54, 1.807) is 14.2 Å². The Morgan fingerprint density at radius 3 is 2.22 bits per heavy atom. The van der Waals surface area contributed by atoms with Crippen LogP contribution in [-0.2, 0) is 11.3 Å². The second kappa shape index (κ2) is 8.08. The van der Waals surface area contributed by atoms with E-state index in [4.69, 9.17) is 9.47 Å². The van der Waals surface area contributed by atoms with Gasteiger partial charge in [0.15, 0.2) is 11.5 Å². The smallest absolute Gasteiger partial charge is 0.224 e. The standard InChI is InChI=1S/C18H22N2O3/c1-4-18(21)20-15-8-6-14(7-9-15)19-12-13-5-10-16(22-2)17(11-13)23-3/h5-11,19H,4,12H2,1-3H3,(H,20,21). The summed E-state index contributed by atoms with van der Waals surface area (Å²) in [5, 5.41) is 6.16. The number of amides is 1. The van der Waals surface area contributed by atoms with E-state index < -0.39 is 0 Å². The molecule has 0 atom stereocenters. The molecule has 2 N–H and O–H groups in total. The van der Waals surface area contributed by atoms with Gasteiger partial charge in [0, 0.05) is 24.3 Å². The van der Waals surface area contributed by atoms with Crippen LogP contribution in [0.3, 0.4) is 0 Å². The number of ether oxygens (including phenoxy) is 2. The van der Waals surface area contributed by atoms with E-state index >= 15 is 0 Å². The van der Waals surface area contributed by atoms with Crippen molar-refractivity contribution in [1.82, 2.24) is 0 Å². The van der Waals surface area contributed by atoms with Gasteiger partial charge in [-0.05, 0) is 42.0 Å². The highest BCUT2D eigenvalue weighted by molar-refractivity contribution is 5.90. The fourth-order valence-corrected chi connectivity index (χ4v) is 2.12. The molecule has 0 aromatic heterocycles. The SMILES string of the molecule is CCC(=O)Nc1ccc(NCc2ccc(OC)c(OC)c2)cc1. The summed E-state index contributed by atoms with van der Waals surface area (Å²) in [6, 6.07) is 13.5. The highest BCUT2D eigenvalue weighted by Crippen LogP contribution is 2.27. The van der Waals surface area contributed by atoms with Crippen molar-refractivity contribution in [2.24, 2.45) is 0 Å². The molecule has 0 aliphatic heterocycles. The van der Waals surface area contributed by atoms with Crippen LogP contribution in [0.1, 0.15) is 18.9 Å². The number of carbonyl (C=O) groups excluding carboxylic acids is 1. The molecule has 122 valence electrons. The summed E-state index contributed by atoms with van der Waals surface area (Å²) in [7, 11) is 3.24. The van der Waals surface area contributed by atoms with Crippen LogP contribution < -0.4 is 20.1 Å². The Kier molecular flexibility index (Phi) is 5.86. The van der Waals surface area contributed by atoms with Gasteiger partial charge in [-0.25, -0.2) is 0 Å². The molecule has 2 rings (SSSR count). The summed E-state index contributed by atoms with van der Waals surface area (Å²) in [6.45, 7) is 2.50. The van der Waals surface area contributed by atoms with Crippen molar-refractivity contribution in [3.05, 3.63) is 48.0 Å². The Balaban J connectivity index is 1.96. The largest absolute Gasteiger partial charge is 0.493 e. The number of anilines is 2. The van der Waals surface area contributed by atoms with Crippen molar-refractivity contribution in [3.8, 4) is 11.5 Å². The van der Waals surface area contributed by atoms with Crippen molar-refractivity contribution in [1.29, 1.82) is 0 Å². The van der Waals surface area contributed by atoms with E-state index in [0.29, 0.717) is 24.5 Å². The Bertz CT molecular complexity index is 654. The third-order valence-corrected chi connectivity index (χ3v) is 3.43. The molecule has 0 bridgehead atoms. The van der Waals surface area contributed by atoms with Crippen molar-refractivity contribution in [2.75, 3.05) is 24.9 Å². The summed E-state index contributed by atoms with van der Waals surface area (Å²) in [5.41, 5.74) is 2.87. The monoisotopic (exact) mass is 314 g/mol. The lowest BCUT2D eigenvalue weighted by molar-refractivity contribution is -0.115. The highest BCUT2D eigenvalue weighted by atomic mass is 16.5. The number of nitrogens with one attached hydrogen (secondary N) is 2. The molecular formula is C18H22N2O3. The Labute approximate surface area is 136 Å². The molecule has 5 heteroatoms. The number of hydrogen-bond donors (Lipinski definition) is 2. The molecule has 5 nitrogen and oxygen atoms in total. The molecular weight excluding hydrogens is 292 g/mol. The third kappa shape index (κ3) is 4.64. The number of hydrogen-bond acceptors (Lipinski definition) is 4. The first-order chi connectivity index (χ1) is 11.2. The van der Waals surface area contributed by atoms with Crippen molar-refractivity contribution >= 4 is 17.3 Å². The van der Waals surface area contributed by atoms with Crippen LogP contribution in [0.5, 0.6) is 11.5 Å². The molecule has 23 heavy (non-hydrogen) atoms. The van der Waals surface area contributed by atoms with E-state index in [-0.39, 0.29) is 5.91 Å². The fraction of sp³-hybridized carbons (Fsp3) is 0.278. The van der Waals surface area contributed by atoms with Crippen LogP contribution in [0, 0.1) is 0 Å². The van der Waals surface area contributed by atoms with Gasteiger partial charge in [-0.1, -0.05) is 13.0 Å². The zero-order valence-corrected chi connectivity index (χ0v) is 13.7. The van der Waals surface area contributed by atoms with Crippen LogP contribution in [0.15, 0.2) is 42.5 Å². The highest BCUT2D eigenvalue weighted by Gasteiger charge is 2.04. The number of benzene rings is 2. The summed E-state index contributed by atoms with van der Waals surface area (Å²) >= 11 is 0. The van der Waals surface area contributed by atoms with Gasteiger partial charge in [0.2, 0.25) is 5.91 Å². The van der Waals surface area contributed by atoms with Crippen LogP contribution in [0.25, 0.3) is 0 Å². The second-order valence-corrected chi connectivity index (χ2v) is 5.02. The first kappa shape index (κ1) is 16.7. The van der Waals surface area contributed by atoms with E-state index in [2.05, 4.69) is 10.6 Å². The van der Waals surface area contributed by atoms with Gasteiger partial charge >= 0.3 is 0 Å². The lowest BCUT2D eigenvalue weighted by Crippen LogP contribution is -2.09. The zero-order chi connectivity index (χ0) is 16.7. The topological polar surface area (TPSA) is 59.6 Å². The maximum absolute atomic E-state index is 11.3. The first-order valence-corrected chi connectivity index (χ1v) is 7.51. The normalized spacial score (nSPS) is 10.0. The second-order valence-electron chi connectivity index (χ2n) is 5.02. The minimum atomic E-state index is 0.0102. The minimum Gasteiger partial charge on any atom is -0.493 e. The molecule has 0 radical (unpaired) electrons. The molecule has 0 fully saturated rings. The fourth-order valence-electron chi connectivity index (χ4n) is 2.12. The van der Waals surface area contributed by atoms with Gasteiger partial charge in [0.25, 0.3) is 0 Å². The predicted molar refractivity (Wildman–Crippen MR) is 92.2 cm³/mol. The maximum Gasteiger partial charge on any atom is 0.224 e. The van der Waals surface area contributed by atoms with Crippen LogP contribution in [-0.4, -0.2) is 20.1 Å². The Morgan fingerprint density at radius 2 is 1.61 bits per heavy atom. The molecule has 0 saturated carbocycles. The average Bonchev–Trinajstić information content (AvgIpc) is 2.60. The van der Waals surface area contributed by atoms with Crippen LogP contribution in [0.4, 0.5) is 11.4 Å². The van der Waals surface area contributed by atoms with E-state index in [0.717, 1.165) is 16.9 Å². The van der Waals surface area contributed by atoms with Gasteiger partial charge in [-0.15, -0.1) is 0 Å². The lowest BCUT2D eigenvalue weighted by Gasteiger charge is -2.11. The number of carbonyl (C=O) groups is 1. The molecule has 0 unspecified atom stereocenters. The maximum atomic E-state index is 11.3. The van der Waals surface area contributed by atoms with Gasteiger partial charge in [-0.2, -0.15) is 0 Å². The molecule has 0 aliphatic carbocycles. The number of methoxy groups -OCH3 is 2. The quantitative estimate of drug-likeness (QED) is 0.819. The van der Waals surface area contributed by atoms with Crippen molar-refractivity contribution < 1.29 is 14.3 Å². The average molecular weight is 314 g/mol. The molecule has 0 saturated heterocycles. The zero-order valence-electron chi connectivity index (χ0n) is 13.7. The van der Waals surface area contributed by atoms with Crippen LogP contribution >= 0.6 is 0 Å². The molecule has 2 aromatic carbocycles. The minimum absolute atomic E-state index is 0.0102. The lowest BCUT2D eigenvalue weighted by atomic mass is 10.2. The summed E-state index contributed by atoms with van der Waals surface area (Å²) in [6.07, 6.45) is 0.472. The van der Waals surface area contributed by atoms with Crippen molar-refractivity contribution in [2.45, 2.75) is 19.9 Å². The van der Waals surface area contributed by atoms with Gasteiger partial charge < -0.3 is 20.1 Å². The summed E-state index contributed by atoms with van der Waals surface area (Å²) in [4.78, 5) is 11.3. The van der Waals surface area contributed by atoms with Gasteiger partial charge in [0.1, 0.15) is 0 Å². The Hall–Kier alpha value is -2.69. The van der Waals surface area contributed by atoms with E-state index in [9.17, 15) is 4.79 Å². The first-order valence-electron chi connectivity index (χ1n) is 7.51. The third-order valence-electron chi connectivity index (χ3n) is 3.43. The van der Waals surface area contributed by atoms with Crippen molar-refractivity contribution in [3.63, 3.8) is 0 Å². The van der Waals surface area contributed by atoms with Crippen LogP contribution in [0.2, 0.25) is 0 Å². The predicted octanol–water partition coefficient (Wildman–Crippen LogP) is 3.66. The molecule has 1 amide bonds. The summed E-state index contributed by atoms with van der Waals surface area (Å²) in [5.74, 6) is 1.44. The van der Waals surface area contributed by atoms with Gasteiger partial charge in [-0.3, -0.25) is 4.79 Å². The molecule has 0 aliphatic rings. The Morgan fingerprint density at radius 1 is 0.957 bits per heavy atom. The van der Waals surface area contributed by atoms with Gasteiger partial charge in [0.05, 0.1) is 14.2 Å². The summed E-state index contributed by atoms with van der Waals surface area (Å²) < 4.78 is 10.5. The molecule has 0 heterocycles.